The topological polar surface area (TPSA) is 379 Å². The van der Waals surface area contributed by atoms with Gasteiger partial charge < -0.3 is 62.1 Å². The highest BCUT2D eigenvalue weighted by molar-refractivity contribution is 7.87. The van der Waals surface area contributed by atoms with Crippen LogP contribution in [0.3, 0.4) is 0 Å². The predicted octanol–water partition coefficient (Wildman–Crippen LogP) is -1.11. The van der Waals surface area contributed by atoms with Gasteiger partial charge in [0.15, 0.2) is 5.82 Å². The van der Waals surface area contributed by atoms with Crippen LogP contribution in [-0.2, 0) is 35.8 Å². The zero-order chi connectivity index (χ0) is 53.7. The number of aliphatic hydroxyl groups excluding tert-OH is 2. The van der Waals surface area contributed by atoms with Crippen LogP contribution in [0.5, 0.6) is 17.2 Å². The molecule has 4 aromatic rings. The zero-order valence-corrected chi connectivity index (χ0v) is 42.0. The van der Waals surface area contributed by atoms with Crippen molar-refractivity contribution in [3.05, 3.63) is 88.7 Å². The Bertz CT molecular complexity index is 2790. The van der Waals surface area contributed by atoms with Crippen LogP contribution in [0.2, 0.25) is 0 Å². The number of hydrogen-bond acceptors (Lipinski definition) is 17. The second-order valence-corrected chi connectivity index (χ2v) is 18.8. The van der Waals surface area contributed by atoms with E-state index in [9.17, 15) is 47.9 Å². The van der Waals surface area contributed by atoms with E-state index < -0.39 is 82.7 Å². The number of nitrogens with two attached hydrogens (primary N) is 3. The van der Waals surface area contributed by atoms with Gasteiger partial charge in [-0.25, -0.2) is 15.1 Å². The summed E-state index contributed by atoms with van der Waals surface area (Å²) in [5, 5.41) is 45.6. The number of fused-ring (bicyclic) bond motifs is 5. The third-order valence-electron chi connectivity index (χ3n) is 11.3. The molecular formula is C48H62N12O12S. The second kappa shape index (κ2) is 25.4. The van der Waals surface area contributed by atoms with Crippen molar-refractivity contribution in [1.29, 1.82) is 5.26 Å². The van der Waals surface area contributed by atoms with Gasteiger partial charge in [0.25, 0.3) is 16.1 Å². The monoisotopic (exact) mass is 1030 g/mol. The summed E-state index contributed by atoms with van der Waals surface area (Å²) >= 11 is 0. The Morgan fingerprint density at radius 3 is 2.05 bits per heavy atom. The highest BCUT2D eigenvalue weighted by Gasteiger charge is 2.37. The molecule has 0 fully saturated rings. The van der Waals surface area contributed by atoms with Crippen molar-refractivity contribution < 1.29 is 56.8 Å². The number of nitrogens with zero attached hydrogens (tertiary/aromatic N) is 4. The number of ether oxygens (including phenoxy) is 3. The number of aryl methyl sites for hydroxylation is 2. The molecule has 73 heavy (non-hydrogen) atoms. The van der Waals surface area contributed by atoms with E-state index in [4.69, 9.17) is 30.8 Å². The summed E-state index contributed by atoms with van der Waals surface area (Å²) in [6, 6.07) is 11.8. The number of carbonyl (C=O) groups is 5. The Morgan fingerprint density at radius 2 is 1.49 bits per heavy atom. The molecule has 4 bridgehead atoms. The minimum absolute atomic E-state index is 0.0334. The third-order valence-corrected chi connectivity index (χ3v) is 11.9. The quantitative estimate of drug-likeness (QED) is 0.0469. The van der Waals surface area contributed by atoms with Gasteiger partial charge in [0.1, 0.15) is 73.4 Å². The van der Waals surface area contributed by atoms with E-state index in [2.05, 4.69) is 31.2 Å². The van der Waals surface area contributed by atoms with Gasteiger partial charge in [-0.2, -0.15) is 18.4 Å². The molecule has 0 aliphatic carbocycles. The smallest absolute Gasteiger partial charge is 0.274 e. The standard InChI is InChI=1S/C48H62N12O12S/c1-25(2)72-34-11-8-30(9-12-34)43-55-26(3)41(27(4)56-43)46(65)59-38(22-54-73(52,68)69)48(67)60(6)42-31-10-14-40(71-24-33(62)21-51)36(19-31)35-17-29(7-13-39(35)70-23-32(61)20-50)18-37(45(64)53-16-15-49)58-44(63)28(5)57-47(42)66/h7-14,17,19,25,28,32-33,37-38,42,54,61-62H,16,18,20-24,50-51H2,1-6H3,(H,53,64)(H,57,66)(H,58,63)(H,59,65)(H2,52,68,69)/t28-,32?,33?,37-,38?,42-/m0/s1. The SMILES string of the molecule is Cc1nc(-c2ccc(OC(C)C)cc2)nc(C)c1C(=O)NC(CNS(N)(=O)=O)C(=O)N(C)[C@@H]1C(=O)N[C@@H](C)C(=O)N[C@H](C(=O)NCC#N)Cc2ccc(OCC(O)CN)c(c2)-c2cc1ccc2OCC(O)CN. The number of rotatable bonds is 20. The van der Waals surface area contributed by atoms with Crippen molar-refractivity contribution in [3.63, 3.8) is 0 Å². The van der Waals surface area contributed by atoms with Crippen molar-refractivity contribution in [2.75, 3.05) is 46.4 Å². The summed E-state index contributed by atoms with van der Waals surface area (Å²) in [5.41, 5.74) is 13.4. The van der Waals surface area contributed by atoms with Crippen LogP contribution in [0.1, 0.15) is 59.7 Å². The second-order valence-electron chi connectivity index (χ2n) is 17.4. The average molecular weight is 1030 g/mol. The molecule has 2 heterocycles. The largest absolute Gasteiger partial charge is 0.491 e. The number of likely N-dealkylation sites (N-methyl/N-ethyl adjacent to an activating group) is 1. The first kappa shape index (κ1) is 56.6. The van der Waals surface area contributed by atoms with Crippen LogP contribution in [-0.4, -0.2) is 146 Å². The molecule has 6 atom stereocenters. The molecule has 5 rings (SSSR count). The number of aliphatic hydroxyl groups is 2. The maximum Gasteiger partial charge on any atom is 0.274 e. The van der Waals surface area contributed by atoms with Crippen molar-refractivity contribution in [3.8, 4) is 45.8 Å². The highest BCUT2D eigenvalue weighted by atomic mass is 32.2. The molecule has 1 aromatic heterocycles. The molecule has 0 radical (unpaired) electrons. The van der Waals surface area contributed by atoms with E-state index in [1.807, 2.05) is 24.6 Å². The maximum absolute atomic E-state index is 14.9. The predicted molar refractivity (Wildman–Crippen MR) is 265 cm³/mol. The van der Waals surface area contributed by atoms with Crippen molar-refractivity contribution >= 4 is 39.7 Å². The fourth-order valence-corrected chi connectivity index (χ4v) is 8.03. The van der Waals surface area contributed by atoms with Gasteiger partial charge in [0.05, 0.1) is 29.1 Å². The van der Waals surface area contributed by atoms with Gasteiger partial charge >= 0.3 is 0 Å². The van der Waals surface area contributed by atoms with Crippen LogP contribution in [0.15, 0.2) is 60.7 Å². The summed E-state index contributed by atoms with van der Waals surface area (Å²) in [7, 11) is -3.28. The van der Waals surface area contributed by atoms with Gasteiger partial charge in [0.2, 0.25) is 23.6 Å². The van der Waals surface area contributed by atoms with E-state index >= 15 is 0 Å². The van der Waals surface area contributed by atoms with Crippen LogP contribution in [0, 0.1) is 25.2 Å². The number of hydrogen-bond donors (Lipinski definition) is 10. The fourth-order valence-electron chi connectivity index (χ4n) is 7.63. The molecule has 0 spiro atoms. The number of aromatic nitrogens is 2. The summed E-state index contributed by atoms with van der Waals surface area (Å²) in [5.74, 6) is -3.24. The van der Waals surface area contributed by atoms with E-state index in [1.165, 1.54) is 38.2 Å². The highest BCUT2D eigenvalue weighted by Crippen LogP contribution is 2.40. The minimum Gasteiger partial charge on any atom is -0.491 e. The van der Waals surface area contributed by atoms with Gasteiger partial charge in [-0.3, -0.25) is 24.0 Å². The van der Waals surface area contributed by atoms with Crippen molar-refractivity contribution in [1.82, 2.24) is 40.9 Å². The number of amides is 5. The molecule has 1 aliphatic heterocycles. The molecule has 0 saturated heterocycles. The van der Waals surface area contributed by atoms with E-state index in [0.717, 1.165) is 4.90 Å². The van der Waals surface area contributed by atoms with E-state index in [-0.39, 0.29) is 96.3 Å². The van der Waals surface area contributed by atoms with Gasteiger partial charge in [-0.15, -0.1) is 0 Å². The molecule has 5 amide bonds. The number of nitriles is 1. The van der Waals surface area contributed by atoms with E-state index in [1.54, 1.807) is 50.2 Å². The van der Waals surface area contributed by atoms with Crippen LogP contribution < -0.4 is 56.8 Å². The first-order chi connectivity index (χ1) is 34.5. The summed E-state index contributed by atoms with van der Waals surface area (Å²) in [6.45, 7) is 6.14. The summed E-state index contributed by atoms with van der Waals surface area (Å²) in [4.78, 5) is 81.1. The van der Waals surface area contributed by atoms with Crippen LogP contribution >= 0.6 is 0 Å². The van der Waals surface area contributed by atoms with E-state index in [0.29, 0.717) is 16.9 Å². The van der Waals surface area contributed by atoms with Crippen molar-refractivity contribution in [2.24, 2.45) is 16.6 Å². The average Bonchev–Trinajstić information content (AvgIpc) is 3.34. The fraction of sp³-hybridized carbons (Fsp3) is 0.417. The zero-order valence-electron chi connectivity index (χ0n) is 41.2. The maximum atomic E-state index is 14.9. The number of nitrogens with one attached hydrogen (secondary N) is 5. The molecular weight excluding hydrogens is 969 g/mol. The lowest BCUT2D eigenvalue weighted by Gasteiger charge is -2.33. The first-order valence-corrected chi connectivity index (χ1v) is 24.6. The van der Waals surface area contributed by atoms with Gasteiger partial charge in [-0.1, -0.05) is 12.1 Å². The molecule has 3 aromatic carbocycles. The van der Waals surface area contributed by atoms with Gasteiger partial charge in [0, 0.05) is 49.8 Å². The Labute approximate surface area is 422 Å². The minimum atomic E-state index is -4.49. The molecule has 25 heteroatoms. The van der Waals surface area contributed by atoms with Crippen molar-refractivity contribution in [2.45, 2.75) is 83.5 Å². The Kier molecular flexibility index (Phi) is 19.7. The third kappa shape index (κ3) is 15.4. The van der Waals surface area contributed by atoms with Gasteiger partial charge in [-0.05, 0) is 94.3 Å². The molecule has 3 unspecified atom stereocenters. The lowest BCUT2D eigenvalue weighted by atomic mass is 9.93. The molecule has 0 saturated carbocycles. The molecule has 1 aliphatic rings. The normalized spacial score (nSPS) is 17.1. The molecule has 24 nitrogen and oxygen atoms in total. The first-order valence-electron chi connectivity index (χ1n) is 23.1. The lowest BCUT2D eigenvalue weighted by molar-refractivity contribution is -0.141. The molecule has 392 valence electrons. The Balaban J connectivity index is 1.64. The summed E-state index contributed by atoms with van der Waals surface area (Å²) < 4.78 is 44.5. The Hall–Kier alpha value is -7.31. The molecule has 13 N–H and O–H groups in total. The Morgan fingerprint density at radius 1 is 0.904 bits per heavy atom. The summed E-state index contributed by atoms with van der Waals surface area (Å²) in [6.07, 6.45) is -2.41. The van der Waals surface area contributed by atoms with Crippen LogP contribution in [0.4, 0.5) is 0 Å². The van der Waals surface area contributed by atoms with Crippen LogP contribution in [0.25, 0.3) is 22.5 Å². The number of benzene rings is 3. The lowest BCUT2D eigenvalue weighted by Crippen LogP contribution is -2.57. The number of carbonyl (C=O) groups excluding carboxylic acids is 5.